The fourth-order valence-corrected chi connectivity index (χ4v) is 3.09. The average molecular weight is 287 g/mol. The third kappa shape index (κ3) is 2.60. The van der Waals surface area contributed by atoms with Gasteiger partial charge >= 0.3 is 6.09 Å². The number of nitrogens with zero attached hydrogens (tertiary/aromatic N) is 3. The van der Waals surface area contributed by atoms with E-state index in [1.807, 2.05) is 24.7 Å². The molecule has 1 aromatic heterocycles. The molecule has 0 radical (unpaired) electrons. The molecule has 3 rings (SSSR count). The minimum atomic E-state index is -0.193. The van der Waals surface area contributed by atoms with Gasteiger partial charge < -0.3 is 9.64 Å². The van der Waals surface area contributed by atoms with Gasteiger partial charge in [-0.1, -0.05) is 18.2 Å². The van der Waals surface area contributed by atoms with Crippen LogP contribution in [0.1, 0.15) is 31.4 Å². The number of hydrogen-bond donors (Lipinski definition) is 0. The Bertz CT molecular complexity index is 642. The van der Waals surface area contributed by atoms with Crippen molar-refractivity contribution in [3.63, 3.8) is 0 Å². The Morgan fingerprint density at radius 2 is 2.05 bits per heavy atom. The first-order valence-electron chi connectivity index (χ1n) is 7.54. The summed E-state index contributed by atoms with van der Waals surface area (Å²) in [6.07, 6.45) is 1.70. The molecule has 0 saturated carbocycles. The molecule has 1 aliphatic rings. The molecular formula is C16H21N3O2. The van der Waals surface area contributed by atoms with E-state index in [0.717, 1.165) is 31.6 Å². The molecule has 112 valence electrons. The third-order valence-corrected chi connectivity index (χ3v) is 4.19. The van der Waals surface area contributed by atoms with Gasteiger partial charge in [0.25, 0.3) is 0 Å². The van der Waals surface area contributed by atoms with Crippen LogP contribution in [0.5, 0.6) is 0 Å². The summed E-state index contributed by atoms with van der Waals surface area (Å²) in [7, 11) is 1.99. The van der Waals surface area contributed by atoms with Crippen LogP contribution in [0.15, 0.2) is 24.3 Å². The van der Waals surface area contributed by atoms with E-state index in [4.69, 9.17) is 9.84 Å². The number of carbonyl (C=O) groups excluding carboxylic acids is 1. The maximum absolute atomic E-state index is 11.7. The number of fused-ring (bicyclic) bond motifs is 1. The molecule has 2 heterocycles. The lowest BCUT2D eigenvalue weighted by molar-refractivity contribution is 0.0969. The summed E-state index contributed by atoms with van der Waals surface area (Å²) >= 11 is 0. The van der Waals surface area contributed by atoms with E-state index >= 15 is 0 Å². The van der Waals surface area contributed by atoms with Gasteiger partial charge in [-0.25, -0.2) is 4.79 Å². The minimum Gasteiger partial charge on any atom is -0.450 e. The topological polar surface area (TPSA) is 47.4 Å². The molecule has 0 atom stereocenters. The fraction of sp³-hybridized carbons (Fsp3) is 0.500. The fourth-order valence-electron chi connectivity index (χ4n) is 3.09. The number of amides is 1. The number of para-hydroxylation sites is 1. The number of benzene rings is 1. The largest absolute Gasteiger partial charge is 0.450 e. The van der Waals surface area contributed by atoms with E-state index in [2.05, 4.69) is 18.2 Å². The second-order valence-electron chi connectivity index (χ2n) is 5.49. The van der Waals surface area contributed by atoms with Gasteiger partial charge in [-0.05, 0) is 25.8 Å². The Hall–Kier alpha value is -2.04. The molecule has 0 spiro atoms. The van der Waals surface area contributed by atoms with E-state index in [1.54, 1.807) is 4.90 Å². The van der Waals surface area contributed by atoms with Crippen LogP contribution in [0, 0.1) is 0 Å². The summed E-state index contributed by atoms with van der Waals surface area (Å²) in [6.45, 7) is 3.76. The quantitative estimate of drug-likeness (QED) is 0.853. The predicted octanol–water partition coefficient (Wildman–Crippen LogP) is 2.91. The highest BCUT2D eigenvalue weighted by Gasteiger charge is 2.27. The molecule has 5 heteroatoms. The van der Waals surface area contributed by atoms with Crippen molar-refractivity contribution in [2.24, 2.45) is 7.05 Å². The summed E-state index contributed by atoms with van der Waals surface area (Å²) in [5.74, 6) is 0.418. The number of aryl methyl sites for hydroxylation is 1. The molecule has 1 saturated heterocycles. The SMILES string of the molecule is CCOC(=O)N1CCC(c2nn(C)c3ccccc23)CC1. The Morgan fingerprint density at radius 3 is 2.76 bits per heavy atom. The van der Waals surface area contributed by atoms with Crippen molar-refractivity contribution in [2.45, 2.75) is 25.7 Å². The summed E-state index contributed by atoms with van der Waals surface area (Å²) < 4.78 is 7.01. The molecule has 21 heavy (non-hydrogen) atoms. The molecule has 1 amide bonds. The van der Waals surface area contributed by atoms with Crippen molar-refractivity contribution < 1.29 is 9.53 Å². The molecule has 0 unspecified atom stereocenters. The van der Waals surface area contributed by atoms with Crippen molar-refractivity contribution in [3.05, 3.63) is 30.0 Å². The zero-order chi connectivity index (χ0) is 14.8. The standard InChI is InChI=1S/C16H21N3O2/c1-3-21-16(20)19-10-8-12(9-11-19)15-13-6-4-5-7-14(13)18(2)17-15/h4-7,12H,3,8-11H2,1-2H3. The highest BCUT2D eigenvalue weighted by molar-refractivity contribution is 5.82. The van der Waals surface area contributed by atoms with Crippen molar-refractivity contribution in [2.75, 3.05) is 19.7 Å². The van der Waals surface area contributed by atoms with E-state index in [0.29, 0.717) is 12.5 Å². The number of hydrogen-bond acceptors (Lipinski definition) is 3. The van der Waals surface area contributed by atoms with Gasteiger partial charge in [0.2, 0.25) is 0 Å². The molecule has 0 bridgehead atoms. The summed E-state index contributed by atoms with van der Waals surface area (Å²) in [6, 6.07) is 8.33. The van der Waals surface area contributed by atoms with Gasteiger partial charge in [0.15, 0.2) is 0 Å². The first kappa shape index (κ1) is 13.9. The Balaban J connectivity index is 1.76. The number of likely N-dealkylation sites (tertiary alicyclic amines) is 1. The van der Waals surface area contributed by atoms with Gasteiger partial charge in [0, 0.05) is 31.4 Å². The van der Waals surface area contributed by atoms with Crippen molar-refractivity contribution in [1.82, 2.24) is 14.7 Å². The second-order valence-corrected chi connectivity index (χ2v) is 5.49. The zero-order valence-electron chi connectivity index (χ0n) is 12.6. The van der Waals surface area contributed by atoms with Crippen LogP contribution >= 0.6 is 0 Å². The molecular weight excluding hydrogens is 266 g/mol. The van der Waals surface area contributed by atoms with Gasteiger partial charge in [0.05, 0.1) is 17.8 Å². The molecule has 1 aromatic carbocycles. The zero-order valence-corrected chi connectivity index (χ0v) is 12.6. The molecule has 1 aliphatic heterocycles. The Labute approximate surface area is 124 Å². The van der Waals surface area contributed by atoms with Gasteiger partial charge in [-0.2, -0.15) is 5.10 Å². The van der Waals surface area contributed by atoms with Crippen LogP contribution in [-0.2, 0) is 11.8 Å². The summed E-state index contributed by atoms with van der Waals surface area (Å²) in [5.41, 5.74) is 2.33. The van der Waals surface area contributed by atoms with Crippen LogP contribution in [-0.4, -0.2) is 40.5 Å². The minimum absolute atomic E-state index is 0.193. The van der Waals surface area contributed by atoms with Gasteiger partial charge in [-0.15, -0.1) is 0 Å². The molecule has 0 N–H and O–H groups in total. The third-order valence-electron chi connectivity index (χ3n) is 4.19. The second kappa shape index (κ2) is 5.76. The summed E-state index contributed by atoms with van der Waals surface area (Å²) in [5, 5.41) is 5.93. The number of rotatable bonds is 2. The van der Waals surface area contributed by atoms with E-state index in [9.17, 15) is 4.79 Å². The smallest absolute Gasteiger partial charge is 0.409 e. The van der Waals surface area contributed by atoms with Crippen LogP contribution in [0.4, 0.5) is 4.79 Å². The van der Waals surface area contributed by atoms with Gasteiger partial charge in [-0.3, -0.25) is 4.68 Å². The molecule has 0 aliphatic carbocycles. The normalized spacial score (nSPS) is 16.4. The van der Waals surface area contributed by atoms with E-state index in [1.165, 1.54) is 10.9 Å². The van der Waals surface area contributed by atoms with E-state index in [-0.39, 0.29) is 6.09 Å². The number of aromatic nitrogens is 2. The monoisotopic (exact) mass is 287 g/mol. The lowest BCUT2D eigenvalue weighted by atomic mass is 9.92. The maximum atomic E-state index is 11.7. The molecule has 5 nitrogen and oxygen atoms in total. The van der Waals surface area contributed by atoms with Crippen LogP contribution in [0.25, 0.3) is 10.9 Å². The van der Waals surface area contributed by atoms with E-state index < -0.39 is 0 Å². The van der Waals surface area contributed by atoms with Crippen LogP contribution < -0.4 is 0 Å². The van der Waals surface area contributed by atoms with Crippen LogP contribution in [0.2, 0.25) is 0 Å². The lowest BCUT2D eigenvalue weighted by Gasteiger charge is -2.30. The van der Waals surface area contributed by atoms with Gasteiger partial charge in [0.1, 0.15) is 0 Å². The Morgan fingerprint density at radius 1 is 1.33 bits per heavy atom. The lowest BCUT2D eigenvalue weighted by Crippen LogP contribution is -2.38. The maximum Gasteiger partial charge on any atom is 0.409 e. The molecule has 1 fully saturated rings. The highest BCUT2D eigenvalue weighted by Crippen LogP contribution is 2.32. The highest BCUT2D eigenvalue weighted by atomic mass is 16.6. The molecule has 2 aromatic rings. The number of ether oxygens (including phenoxy) is 1. The first-order valence-corrected chi connectivity index (χ1v) is 7.54. The average Bonchev–Trinajstić information content (AvgIpc) is 2.85. The summed E-state index contributed by atoms with van der Waals surface area (Å²) in [4.78, 5) is 13.5. The number of carbonyl (C=O) groups is 1. The van der Waals surface area contributed by atoms with Crippen molar-refractivity contribution in [3.8, 4) is 0 Å². The Kier molecular flexibility index (Phi) is 3.82. The first-order chi connectivity index (χ1) is 10.2. The number of piperidine rings is 1. The van der Waals surface area contributed by atoms with Crippen molar-refractivity contribution in [1.29, 1.82) is 0 Å². The van der Waals surface area contributed by atoms with Crippen LogP contribution in [0.3, 0.4) is 0 Å². The predicted molar refractivity (Wildman–Crippen MR) is 81.3 cm³/mol. The van der Waals surface area contributed by atoms with Crippen molar-refractivity contribution >= 4 is 17.0 Å².